The van der Waals surface area contributed by atoms with Gasteiger partial charge in [0.15, 0.2) is 0 Å². The summed E-state index contributed by atoms with van der Waals surface area (Å²) in [5.41, 5.74) is 4.88. The number of amides is 1. The maximum Gasteiger partial charge on any atom is 0.223 e. The van der Waals surface area contributed by atoms with Gasteiger partial charge < -0.3 is 14.2 Å². The van der Waals surface area contributed by atoms with Gasteiger partial charge in [-0.05, 0) is 73.0 Å². The first-order valence-corrected chi connectivity index (χ1v) is 11.3. The number of carbonyl (C=O) groups excluding carboxylic acids is 1. The van der Waals surface area contributed by atoms with Crippen molar-refractivity contribution in [2.45, 2.75) is 31.7 Å². The molecule has 6 heterocycles. The number of hydrogen-bond donors (Lipinski definition) is 0. The van der Waals surface area contributed by atoms with Crippen LogP contribution < -0.4 is 0 Å². The van der Waals surface area contributed by atoms with Crippen molar-refractivity contribution in [3.8, 4) is 0 Å². The van der Waals surface area contributed by atoms with Crippen LogP contribution in [0.25, 0.3) is 5.52 Å². The van der Waals surface area contributed by atoms with E-state index in [1.165, 1.54) is 42.6 Å². The van der Waals surface area contributed by atoms with Crippen molar-refractivity contribution in [3.05, 3.63) is 71.8 Å². The number of benzene rings is 1. The van der Waals surface area contributed by atoms with Crippen molar-refractivity contribution in [2.75, 3.05) is 26.2 Å². The van der Waals surface area contributed by atoms with Gasteiger partial charge >= 0.3 is 0 Å². The molecule has 0 aliphatic carbocycles. The van der Waals surface area contributed by atoms with Crippen LogP contribution in [-0.4, -0.2) is 51.3 Å². The standard InChI is InChI=1S/C25H28N4O/c30-24(14-21-16-27-9-5-18(21)6-10-27)29-12-8-19-3-1-2-4-23(19)25(29)20-7-11-28-17-26-15-22(28)13-20/h1-4,7,11,13,15,17-18,21,25H,5-6,8-10,12,14,16H2/t21-,25+/m1/s1. The zero-order valence-electron chi connectivity index (χ0n) is 17.3. The Morgan fingerprint density at radius 3 is 2.80 bits per heavy atom. The lowest BCUT2D eigenvalue weighted by Gasteiger charge is -2.46. The highest BCUT2D eigenvalue weighted by atomic mass is 16.2. The second-order valence-electron chi connectivity index (χ2n) is 9.23. The molecule has 30 heavy (non-hydrogen) atoms. The van der Waals surface area contributed by atoms with E-state index < -0.39 is 0 Å². The third-order valence-electron chi connectivity index (χ3n) is 7.59. The van der Waals surface area contributed by atoms with Crippen molar-refractivity contribution in [2.24, 2.45) is 11.8 Å². The number of pyridine rings is 1. The minimum absolute atomic E-state index is 0.0107. The lowest BCUT2D eigenvalue weighted by Crippen LogP contribution is -2.49. The fourth-order valence-electron chi connectivity index (χ4n) is 5.96. The van der Waals surface area contributed by atoms with Crippen molar-refractivity contribution in [1.29, 1.82) is 0 Å². The Kier molecular flexibility index (Phi) is 4.38. The summed E-state index contributed by atoms with van der Waals surface area (Å²) < 4.78 is 2.03. The molecule has 0 radical (unpaired) electrons. The van der Waals surface area contributed by atoms with Crippen LogP contribution in [0.3, 0.4) is 0 Å². The van der Waals surface area contributed by atoms with Crippen LogP contribution in [0.1, 0.15) is 42.0 Å². The molecule has 1 amide bonds. The van der Waals surface area contributed by atoms with Gasteiger partial charge in [0.2, 0.25) is 5.91 Å². The van der Waals surface area contributed by atoms with Crippen LogP contribution in [0.2, 0.25) is 0 Å². The average molecular weight is 401 g/mol. The Balaban J connectivity index is 1.34. The molecule has 3 aromatic rings. The molecule has 5 heteroatoms. The summed E-state index contributed by atoms with van der Waals surface area (Å²) in [6.45, 7) is 4.35. The number of carbonyl (C=O) groups is 1. The van der Waals surface area contributed by atoms with Crippen LogP contribution in [0, 0.1) is 11.8 Å². The van der Waals surface area contributed by atoms with Crippen LogP contribution >= 0.6 is 0 Å². The highest BCUT2D eigenvalue weighted by Crippen LogP contribution is 2.39. The van der Waals surface area contributed by atoms with E-state index in [-0.39, 0.29) is 6.04 Å². The molecule has 2 bridgehead atoms. The molecule has 2 aromatic heterocycles. The monoisotopic (exact) mass is 400 g/mol. The van der Waals surface area contributed by atoms with E-state index >= 15 is 0 Å². The molecule has 3 saturated heterocycles. The van der Waals surface area contributed by atoms with Gasteiger partial charge in [0.1, 0.15) is 0 Å². The van der Waals surface area contributed by atoms with Crippen molar-refractivity contribution >= 4 is 11.4 Å². The minimum atomic E-state index is -0.0107. The first kappa shape index (κ1) is 18.1. The number of aromatic nitrogens is 2. The molecule has 4 aliphatic rings. The number of fused-ring (bicyclic) bond motifs is 5. The summed E-state index contributed by atoms with van der Waals surface area (Å²) in [4.78, 5) is 22.6. The number of piperidine rings is 3. The van der Waals surface area contributed by atoms with Gasteiger partial charge in [0, 0.05) is 25.7 Å². The summed E-state index contributed by atoms with van der Waals surface area (Å²) >= 11 is 0. The molecule has 154 valence electrons. The summed E-state index contributed by atoms with van der Waals surface area (Å²) in [5.74, 6) is 1.58. The van der Waals surface area contributed by atoms with Gasteiger partial charge in [0.25, 0.3) is 0 Å². The maximum absolute atomic E-state index is 13.6. The van der Waals surface area contributed by atoms with Crippen molar-refractivity contribution in [1.82, 2.24) is 19.2 Å². The predicted octanol–water partition coefficient (Wildman–Crippen LogP) is 3.54. The van der Waals surface area contributed by atoms with Crippen LogP contribution in [-0.2, 0) is 11.2 Å². The quantitative estimate of drug-likeness (QED) is 0.675. The normalized spacial score (nSPS) is 27.9. The zero-order chi connectivity index (χ0) is 20.1. The number of nitrogens with zero attached hydrogens (tertiary/aromatic N) is 4. The minimum Gasteiger partial charge on any atom is -0.331 e. The summed E-state index contributed by atoms with van der Waals surface area (Å²) in [5, 5.41) is 0. The average Bonchev–Trinajstić information content (AvgIpc) is 3.27. The SMILES string of the molecule is O=C(C[C@@H]1CN2CCC1CC2)N1CCc2ccccc2[C@@H]1c1ccn2cncc2c1. The second-order valence-corrected chi connectivity index (χ2v) is 9.23. The van der Waals surface area contributed by atoms with E-state index in [4.69, 9.17) is 0 Å². The molecular weight excluding hydrogens is 372 g/mol. The van der Waals surface area contributed by atoms with E-state index in [2.05, 4.69) is 57.4 Å². The molecule has 1 aromatic carbocycles. The molecule has 2 atom stereocenters. The van der Waals surface area contributed by atoms with Crippen molar-refractivity contribution < 1.29 is 4.79 Å². The number of rotatable bonds is 3. The lowest BCUT2D eigenvalue weighted by molar-refractivity contribution is -0.136. The molecule has 0 unspecified atom stereocenters. The topological polar surface area (TPSA) is 40.9 Å². The molecule has 7 rings (SSSR count). The van der Waals surface area contributed by atoms with Gasteiger partial charge in [-0.3, -0.25) is 4.79 Å². The largest absolute Gasteiger partial charge is 0.331 e. The smallest absolute Gasteiger partial charge is 0.223 e. The van der Waals surface area contributed by atoms with Crippen LogP contribution in [0.4, 0.5) is 0 Å². The molecule has 0 N–H and O–H groups in total. The molecule has 0 saturated carbocycles. The maximum atomic E-state index is 13.6. The van der Waals surface area contributed by atoms with Gasteiger partial charge in [-0.25, -0.2) is 4.98 Å². The van der Waals surface area contributed by atoms with E-state index in [0.717, 1.165) is 30.9 Å². The van der Waals surface area contributed by atoms with Gasteiger partial charge in [-0.2, -0.15) is 0 Å². The van der Waals surface area contributed by atoms with E-state index in [0.29, 0.717) is 18.2 Å². The third kappa shape index (κ3) is 3.03. The first-order chi connectivity index (χ1) is 14.8. The second kappa shape index (κ2) is 7.24. The number of hydrogen-bond acceptors (Lipinski definition) is 3. The predicted molar refractivity (Wildman–Crippen MR) is 116 cm³/mol. The first-order valence-electron chi connectivity index (χ1n) is 11.3. The fourth-order valence-corrected chi connectivity index (χ4v) is 5.96. The van der Waals surface area contributed by atoms with Crippen molar-refractivity contribution in [3.63, 3.8) is 0 Å². The molecule has 0 spiro atoms. The van der Waals surface area contributed by atoms with Crippen LogP contribution in [0.15, 0.2) is 55.1 Å². The molecule has 3 fully saturated rings. The zero-order valence-corrected chi connectivity index (χ0v) is 17.3. The highest BCUT2D eigenvalue weighted by molar-refractivity contribution is 5.78. The highest BCUT2D eigenvalue weighted by Gasteiger charge is 2.38. The Bertz CT molecular complexity index is 1080. The molecular formula is C25H28N4O. The Hall–Kier alpha value is -2.66. The van der Waals surface area contributed by atoms with Crippen LogP contribution in [0.5, 0.6) is 0 Å². The van der Waals surface area contributed by atoms with Gasteiger partial charge in [-0.15, -0.1) is 0 Å². The fraction of sp³-hybridized carbons (Fsp3) is 0.440. The Morgan fingerprint density at radius 1 is 1.10 bits per heavy atom. The lowest BCUT2D eigenvalue weighted by atomic mass is 9.77. The third-order valence-corrected chi connectivity index (χ3v) is 7.59. The summed E-state index contributed by atoms with van der Waals surface area (Å²) in [7, 11) is 0. The summed E-state index contributed by atoms with van der Waals surface area (Å²) in [6.07, 6.45) is 9.93. The van der Waals surface area contributed by atoms with E-state index in [9.17, 15) is 4.79 Å². The Labute approximate surface area is 177 Å². The Morgan fingerprint density at radius 2 is 1.97 bits per heavy atom. The van der Waals surface area contributed by atoms with E-state index in [1.54, 1.807) is 0 Å². The van der Waals surface area contributed by atoms with Gasteiger partial charge in [0.05, 0.1) is 24.1 Å². The number of imidazole rings is 1. The summed E-state index contributed by atoms with van der Waals surface area (Å²) in [6, 6.07) is 13.0. The molecule has 5 nitrogen and oxygen atoms in total. The van der Waals surface area contributed by atoms with Gasteiger partial charge in [-0.1, -0.05) is 24.3 Å². The molecule has 4 aliphatic heterocycles. The van der Waals surface area contributed by atoms with E-state index in [1.807, 2.05) is 16.9 Å².